The predicted molar refractivity (Wildman–Crippen MR) is 231 cm³/mol. The summed E-state index contributed by atoms with van der Waals surface area (Å²) in [6.07, 6.45) is 44.4. The van der Waals surface area contributed by atoms with E-state index in [1.807, 2.05) is 0 Å². The van der Waals surface area contributed by atoms with Crippen LogP contribution in [0.1, 0.15) is 109 Å². The van der Waals surface area contributed by atoms with E-state index in [2.05, 4.69) is 153 Å². The standard InChI is InChI=1S/C53H50S/c1-32-18-24-43-47(26-32)46(30-41-31-50(43)54-49-17-8-7-15-42(41)49)38-23-25-44-48(29-38)52(39-21-19-34-11-3-5-13-36(34)27-39)45-16-9-10-33(2)51(45)53(44)40-22-20-35-12-4-6-14-37(35)28-40/h3,6-9,11,14-25,28,30-33,38-39,43,47,50H,4-5,10,12-13,26-27,29H2,1-2H3/t32?,33?,38?,39?,43-,47?,50?/m1/s1. The van der Waals surface area contributed by atoms with E-state index in [-0.39, 0.29) is 0 Å². The number of benzene rings is 3. The summed E-state index contributed by atoms with van der Waals surface area (Å²) in [5.41, 5.74) is 21.3. The van der Waals surface area contributed by atoms with E-state index in [4.69, 9.17) is 0 Å². The normalized spacial score (nSPS) is 29.6. The number of allylic oxidation sites excluding steroid dienone is 14. The maximum absolute atomic E-state index is 2.67. The van der Waals surface area contributed by atoms with Gasteiger partial charge in [-0.2, -0.15) is 0 Å². The summed E-state index contributed by atoms with van der Waals surface area (Å²) in [7, 11) is 0. The zero-order chi connectivity index (χ0) is 35.9. The molecule has 7 atom stereocenters. The van der Waals surface area contributed by atoms with Crippen LogP contribution in [0.2, 0.25) is 0 Å². The highest BCUT2D eigenvalue weighted by atomic mass is 32.2. The van der Waals surface area contributed by atoms with Crippen LogP contribution in [0.4, 0.5) is 0 Å². The Labute approximate surface area is 326 Å². The van der Waals surface area contributed by atoms with Gasteiger partial charge in [-0.1, -0.05) is 140 Å². The summed E-state index contributed by atoms with van der Waals surface area (Å²) in [4.78, 5) is 1.45. The van der Waals surface area contributed by atoms with Crippen LogP contribution in [0.25, 0.3) is 34.9 Å². The third kappa shape index (κ3) is 5.40. The van der Waals surface area contributed by atoms with Crippen molar-refractivity contribution in [2.24, 2.45) is 23.7 Å². The van der Waals surface area contributed by atoms with E-state index in [0.29, 0.717) is 40.8 Å². The van der Waals surface area contributed by atoms with Gasteiger partial charge in [0, 0.05) is 22.0 Å². The van der Waals surface area contributed by atoms with Crippen molar-refractivity contribution < 1.29 is 0 Å². The molecule has 6 unspecified atom stereocenters. The molecule has 11 rings (SSSR count). The molecule has 3 aromatic rings. The van der Waals surface area contributed by atoms with Crippen molar-refractivity contribution >= 4 is 35.6 Å². The van der Waals surface area contributed by atoms with Gasteiger partial charge in [0.25, 0.3) is 0 Å². The molecule has 1 aliphatic heterocycles. The maximum Gasteiger partial charge on any atom is 0.0352 e. The lowest BCUT2D eigenvalue weighted by Gasteiger charge is -2.39. The molecule has 0 fully saturated rings. The van der Waals surface area contributed by atoms with Crippen molar-refractivity contribution in [2.75, 3.05) is 0 Å². The highest BCUT2D eigenvalue weighted by molar-refractivity contribution is 8.00. The van der Waals surface area contributed by atoms with Gasteiger partial charge >= 0.3 is 0 Å². The minimum Gasteiger partial charge on any atom is -0.117 e. The van der Waals surface area contributed by atoms with Gasteiger partial charge in [-0.25, -0.2) is 0 Å². The van der Waals surface area contributed by atoms with E-state index in [1.54, 1.807) is 27.8 Å². The fraction of sp³-hybridized carbons (Fsp3) is 0.321. The summed E-state index contributed by atoms with van der Waals surface area (Å²) >= 11 is 2.10. The highest BCUT2D eigenvalue weighted by Crippen LogP contribution is 2.55. The van der Waals surface area contributed by atoms with Gasteiger partial charge in [0.2, 0.25) is 0 Å². The molecule has 0 aromatic heterocycles. The van der Waals surface area contributed by atoms with E-state index in [0.717, 1.165) is 32.1 Å². The molecule has 54 heavy (non-hydrogen) atoms. The largest absolute Gasteiger partial charge is 0.117 e. The molecule has 268 valence electrons. The van der Waals surface area contributed by atoms with Gasteiger partial charge < -0.3 is 0 Å². The molecule has 0 amide bonds. The quantitative estimate of drug-likeness (QED) is 0.243. The average Bonchev–Trinajstić information content (AvgIpc) is 3.33. The molecule has 0 saturated carbocycles. The van der Waals surface area contributed by atoms with Gasteiger partial charge in [0.05, 0.1) is 0 Å². The van der Waals surface area contributed by atoms with Crippen LogP contribution in [-0.2, 0) is 12.8 Å². The van der Waals surface area contributed by atoms with Gasteiger partial charge in [-0.3, -0.25) is 0 Å². The first-order valence-corrected chi connectivity index (χ1v) is 21.8. The van der Waals surface area contributed by atoms with Crippen LogP contribution in [0.5, 0.6) is 0 Å². The number of rotatable bonds is 3. The van der Waals surface area contributed by atoms with Crippen LogP contribution in [0.15, 0.2) is 131 Å². The van der Waals surface area contributed by atoms with Gasteiger partial charge in [0.1, 0.15) is 0 Å². The van der Waals surface area contributed by atoms with Crippen LogP contribution >= 0.6 is 11.8 Å². The fourth-order valence-electron chi connectivity index (χ4n) is 11.4. The Hall–Kier alpha value is -4.33. The first-order valence-electron chi connectivity index (χ1n) is 20.9. The van der Waals surface area contributed by atoms with Crippen molar-refractivity contribution in [3.63, 3.8) is 0 Å². The number of aryl methyl sites for hydroxylation is 1. The third-order valence-corrected chi connectivity index (χ3v) is 15.4. The first kappa shape index (κ1) is 33.0. The zero-order valence-electron chi connectivity index (χ0n) is 31.7. The van der Waals surface area contributed by atoms with E-state index in [9.17, 15) is 0 Å². The Bertz CT molecular complexity index is 2380. The molecule has 2 bridgehead atoms. The van der Waals surface area contributed by atoms with Crippen molar-refractivity contribution in [3.05, 3.63) is 171 Å². The van der Waals surface area contributed by atoms with Crippen LogP contribution < -0.4 is 0 Å². The van der Waals surface area contributed by atoms with E-state index < -0.39 is 0 Å². The number of fused-ring (bicyclic) bond motifs is 8. The monoisotopic (exact) mass is 718 g/mol. The Morgan fingerprint density at radius 1 is 0.741 bits per heavy atom. The van der Waals surface area contributed by atoms with Crippen LogP contribution in [0, 0.1) is 23.7 Å². The molecule has 8 aliphatic rings. The molecule has 3 aromatic carbocycles. The highest BCUT2D eigenvalue weighted by Gasteiger charge is 2.41. The van der Waals surface area contributed by atoms with Crippen LogP contribution in [-0.4, -0.2) is 5.25 Å². The molecule has 0 saturated heterocycles. The van der Waals surface area contributed by atoms with Gasteiger partial charge in [-0.15, -0.1) is 11.8 Å². The maximum atomic E-state index is 2.67. The first-order chi connectivity index (χ1) is 26.6. The molecule has 1 heterocycles. The Balaban J connectivity index is 1.11. The average molecular weight is 719 g/mol. The van der Waals surface area contributed by atoms with Crippen LogP contribution in [0.3, 0.4) is 0 Å². The minimum atomic E-state index is 0.377. The third-order valence-electron chi connectivity index (χ3n) is 14.0. The molecule has 0 nitrogen and oxygen atoms in total. The smallest absolute Gasteiger partial charge is 0.0352 e. The number of thioether (sulfide) groups is 1. The lowest BCUT2D eigenvalue weighted by Crippen LogP contribution is -2.31. The molecule has 7 aliphatic carbocycles. The fourth-order valence-corrected chi connectivity index (χ4v) is 12.8. The second-order valence-electron chi connectivity index (χ2n) is 17.4. The van der Waals surface area contributed by atoms with Crippen molar-refractivity contribution in [1.82, 2.24) is 0 Å². The summed E-state index contributed by atoms with van der Waals surface area (Å²) in [6.45, 7) is 4.91. The summed E-state index contributed by atoms with van der Waals surface area (Å²) < 4.78 is 0. The van der Waals surface area contributed by atoms with E-state index in [1.165, 1.54) is 74.2 Å². The Morgan fingerprint density at radius 3 is 2.59 bits per heavy atom. The second-order valence-corrected chi connectivity index (χ2v) is 18.6. The van der Waals surface area contributed by atoms with Gasteiger partial charge in [-0.05, 0) is 154 Å². The van der Waals surface area contributed by atoms with E-state index >= 15 is 0 Å². The molecule has 0 spiro atoms. The zero-order valence-corrected chi connectivity index (χ0v) is 32.5. The topological polar surface area (TPSA) is 0 Å². The molecule has 0 radical (unpaired) electrons. The number of hydrogen-bond donors (Lipinski definition) is 0. The molecule has 0 N–H and O–H groups in total. The Kier molecular flexibility index (Phi) is 8.05. The number of hydrogen-bond acceptors (Lipinski definition) is 1. The summed E-state index contributed by atoms with van der Waals surface area (Å²) in [5, 5.41) is 0.482. The van der Waals surface area contributed by atoms with Gasteiger partial charge in [0.15, 0.2) is 0 Å². The second kappa shape index (κ2) is 13.2. The molecular formula is C53H50S. The van der Waals surface area contributed by atoms with Crippen molar-refractivity contribution in [2.45, 2.75) is 87.2 Å². The predicted octanol–water partition coefficient (Wildman–Crippen LogP) is 14.0. The van der Waals surface area contributed by atoms with Crippen molar-refractivity contribution in [1.29, 1.82) is 0 Å². The summed E-state index contributed by atoms with van der Waals surface area (Å²) in [5.74, 6) is 2.93. The van der Waals surface area contributed by atoms with Crippen molar-refractivity contribution in [3.8, 4) is 11.1 Å². The Morgan fingerprint density at radius 2 is 1.63 bits per heavy atom. The lowest BCUT2D eigenvalue weighted by atomic mass is 9.66. The lowest BCUT2D eigenvalue weighted by molar-refractivity contribution is 0.352. The molecule has 1 heteroatoms. The summed E-state index contributed by atoms with van der Waals surface area (Å²) in [6, 6.07) is 16.6. The SMILES string of the molecule is CC1C=C[C@H]2C3C=C(C=C(C4C=Cc5c(c(C6C=CC7=C(CCC=C7)C6)c6c(c5-c5ccc7c(c5)C=CCC7)C(C)CC=C6)C4)C2C1)c1ccccc1S3. The molecular weight excluding hydrogens is 669 g/mol. The minimum absolute atomic E-state index is 0.377.